The Balaban J connectivity index is 2.67. The van der Waals surface area contributed by atoms with E-state index in [4.69, 9.17) is 5.11 Å². The van der Waals surface area contributed by atoms with Crippen LogP contribution in [0.15, 0.2) is 24.3 Å². The second-order valence-corrected chi connectivity index (χ2v) is 3.88. The van der Waals surface area contributed by atoms with Gasteiger partial charge in [0.25, 0.3) is 0 Å². The normalized spacial score (nSPS) is 28.1. The van der Waals surface area contributed by atoms with E-state index in [0.717, 1.165) is 0 Å². The number of benzene rings is 1. The van der Waals surface area contributed by atoms with E-state index in [-0.39, 0.29) is 11.1 Å². The number of carbonyl (C=O) groups is 1. The maximum absolute atomic E-state index is 13.8. The van der Waals surface area contributed by atoms with Crippen molar-refractivity contribution in [2.45, 2.75) is 17.6 Å². The van der Waals surface area contributed by atoms with Gasteiger partial charge in [-0.05, 0) is 11.5 Å². The van der Waals surface area contributed by atoms with Crippen LogP contribution in [0.3, 0.4) is 0 Å². The van der Waals surface area contributed by atoms with Crippen molar-refractivity contribution < 1.29 is 28.9 Å². The molecule has 2 rings (SSSR count). The summed E-state index contributed by atoms with van der Waals surface area (Å²) in [6.07, 6.45) is -2.22. The predicted molar refractivity (Wildman–Crippen MR) is 55.7 cm³/mol. The summed E-state index contributed by atoms with van der Waals surface area (Å²) < 4.78 is 27.7. The average molecular weight is 254 g/mol. The molecule has 0 saturated carbocycles. The molecular formula is C12H8F2O4. The van der Waals surface area contributed by atoms with Gasteiger partial charge in [0, 0.05) is 11.5 Å². The monoisotopic (exact) mass is 254 g/mol. The molecule has 4 nitrogen and oxygen atoms in total. The van der Waals surface area contributed by atoms with Crippen LogP contribution in [0.4, 0.5) is 8.78 Å². The van der Waals surface area contributed by atoms with Crippen LogP contribution in [0, 0.1) is 11.8 Å². The fourth-order valence-corrected chi connectivity index (χ4v) is 1.93. The summed E-state index contributed by atoms with van der Waals surface area (Å²) in [4.78, 5) is 10.3. The van der Waals surface area contributed by atoms with Gasteiger partial charge in [0.05, 0.1) is 0 Å². The molecule has 0 aliphatic heterocycles. The molecule has 1 aliphatic carbocycles. The maximum atomic E-state index is 13.8. The van der Waals surface area contributed by atoms with E-state index in [9.17, 15) is 23.8 Å². The molecule has 0 aromatic heterocycles. The molecule has 0 saturated heterocycles. The zero-order valence-electron chi connectivity index (χ0n) is 8.89. The second kappa shape index (κ2) is 3.77. The summed E-state index contributed by atoms with van der Waals surface area (Å²) in [7, 11) is 0. The van der Waals surface area contributed by atoms with Crippen LogP contribution in [0.5, 0.6) is 0 Å². The van der Waals surface area contributed by atoms with Gasteiger partial charge in [-0.2, -0.15) is 8.78 Å². The first-order valence-electron chi connectivity index (χ1n) is 4.94. The Morgan fingerprint density at radius 2 is 1.94 bits per heavy atom. The van der Waals surface area contributed by atoms with Gasteiger partial charge in [-0.3, -0.25) is 0 Å². The minimum absolute atomic E-state index is 0.162. The van der Waals surface area contributed by atoms with Crippen molar-refractivity contribution in [3.63, 3.8) is 0 Å². The molecule has 0 spiro atoms. The summed E-state index contributed by atoms with van der Waals surface area (Å²) in [5, 5.41) is 27.8. The number of halogens is 2. The molecule has 18 heavy (non-hydrogen) atoms. The van der Waals surface area contributed by atoms with Crippen molar-refractivity contribution in [3.8, 4) is 11.8 Å². The first kappa shape index (κ1) is 12.5. The summed E-state index contributed by atoms with van der Waals surface area (Å²) in [6.45, 7) is 0. The smallest absolute Gasteiger partial charge is 0.382 e. The molecule has 1 aromatic carbocycles. The molecule has 1 aliphatic rings. The highest BCUT2D eigenvalue weighted by molar-refractivity contribution is 5.87. The molecule has 2 atom stereocenters. The van der Waals surface area contributed by atoms with E-state index in [1.165, 1.54) is 30.2 Å². The molecular weight excluding hydrogens is 246 g/mol. The van der Waals surface area contributed by atoms with Crippen LogP contribution in [-0.2, 0) is 10.4 Å². The van der Waals surface area contributed by atoms with Crippen LogP contribution >= 0.6 is 0 Å². The third-order valence-electron chi connectivity index (χ3n) is 2.82. The van der Waals surface area contributed by atoms with Gasteiger partial charge in [-0.1, -0.05) is 24.3 Å². The fourth-order valence-electron chi connectivity index (χ4n) is 1.93. The SMILES string of the molecule is O=C(O)C#C[C@]1(O)c2ccccc2[C@H](O)C1(F)F. The van der Waals surface area contributed by atoms with Gasteiger partial charge in [-0.15, -0.1) is 0 Å². The van der Waals surface area contributed by atoms with Gasteiger partial charge in [0.1, 0.15) is 6.10 Å². The largest absolute Gasteiger partial charge is 0.472 e. The van der Waals surface area contributed by atoms with Gasteiger partial charge in [0.2, 0.25) is 5.60 Å². The first-order chi connectivity index (χ1) is 8.30. The first-order valence-corrected chi connectivity index (χ1v) is 4.94. The minimum Gasteiger partial charge on any atom is -0.472 e. The van der Waals surface area contributed by atoms with Crippen molar-refractivity contribution in [2.75, 3.05) is 0 Å². The van der Waals surface area contributed by atoms with E-state index < -0.39 is 23.6 Å². The summed E-state index contributed by atoms with van der Waals surface area (Å²) in [6, 6.07) is 5.22. The number of hydrogen-bond acceptors (Lipinski definition) is 3. The highest BCUT2D eigenvalue weighted by atomic mass is 19.3. The van der Waals surface area contributed by atoms with Gasteiger partial charge >= 0.3 is 11.9 Å². The Morgan fingerprint density at radius 1 is 1.33 bits per heavy atom. The highest BCUT2D eigenvalue weighted by Crippen LogP contribution is 2.53. The third kappa shape index (κ3) is 1.49. The number of alkyl halides is 2. The summed E-state index contributed by atoms with van der Waals surface area (Å²) in [5.74, 6) is -2.51. The van der Waals surface area contributed by atoms with Crippen LogP contribution in [-0.4, -0.2) is 27.2 Å². The number of carboxylic acid groups (broad SMARTS) is 1. The molecule has 1 aromatic rings. The lowest BCUT2D eigenvalue weighted by Gasteiger charge is -2.26. The van der Waals surface area contributed by atoms with Crippen molar-refractivity contribution >= 4 is 5.97 Å². The van der Waals surface area contributed by atoms with Crippen molar-refractivity contribution in [2.24, 2.45) is 0 Å². The molecule has 94 valence electrons. The number of aliphatic hydroxyl groups is 2. The number of rotatable bonds is 0. The molecule has 0 bridgehead atoms. The van der Waals surface area contributed by atoms with E-state index >= 15 is 0 Å². The Hall–Kier alpha value is -1.97. The third-order valence-corrected chi connectivity index (χ3v) is 2.82. The predicted octanol–water partition coefficient (Wildman–Crippen LogP) is 0.645. The quantitative estimate of drug-likeness (QED) is 0.594. The topological polar surface area (TPSA) is 77.8 Å². The van der Waals surface area contributed by atoms with Crippen molar-refractivity contribution in [1.29, 1.82) is 0 Å². The van der Waals surface area contributed by atoms with E-state index in [1.54, 1.807) is 5.92 Å². The van der Waals surface area contributed by atoms with E-state index in [0.29, 0.717) is 0 Å². The Labute approximate surface area is 100 Å². The number of hydrogen-bond donors (Lipinski definition) is 3. The summed E-state index contributed by atoms with van der Waals surface area (Å²) in [5.41, 5.74) is -3.44. The molecule has 0 amide bonds. The van der Waals surface area contributed by atoms with Crippen LogP contribution in [0.2, 0.25) is 0 Å². The Morgan fingerprint density at radius 3 is 2.56 bits per heavy atom. The highest BCUT2D eigenvalue weighted by Gasteiger charge is 2.65. The molecule has 0 fully saturated rings. The molecule has 6 heteroatoms. The zero-order valence-corrected chi connectivity index (χ0v) is 8.89. The number of aliphatic hydroxyl groups excluding tert-OH is 1. The van der Waals surface area contributed by atoms with Crippen LogP contribution in [0.1, 0.15) is 17.2 Å². The second-order valence-electron chi connectivity index (χ2n) is 3.88. The lowest BCUT2D eigenvalue weighted by Crippen LogP contribution is -2.42. The van der Waals surface area contributed by atoms with E-state index in [2.05, 4.69) is 0 Å². The molecule has 0 unspecified atom stereocenters. The van der Waals surface area contributed by atoms with Crippen molar-refractivity contribution in [3.05, 3.63) is 35.4 Å². The molecule has 0 radical (unpaired) electrons. The number of fused-ring (bicyclic) bond motifs is 1. The Kier molecular flexibility index (Phi) is 2.61. The zero-order chi connectivity index (χ0) is 13.6. The standard InChI is InChI=1S/C12H8F2O4/c13-12(14)10(17)7-3-1-2-4-8(7)11(12,18)6-5-9(15)16/h1-4,10,17-18H,(H,15,16)/t10-,11-/m0/s1. The van der Waals surface area contributed by atoms with Crippen molar-refractivity contribution in [1.82, 2.24) is 0 Å². The number of aliphatic carboxylic acids is 1. The number of carboxylic acids is 1. The van der Waals surface area contributed by atoms with Crippen LogP contribution < -0.4 is 0 Å². The van der Waals surface area contributed by atoms with Gasteiger partial charge < -0.3 is 15.3 Å². The fraction of sp³-hybridized carbons (Fsp3) is 0.250. The van der Waals surface area contributed by atoms with Gasteiger partial charge in [-0.25, -0.2) is 4.79 Å². The Bertz CT molecular complexity index is 573. The van der Waals surface area contributed by atoms with E-state index in [1.807, 2.05) is 0 Å². The lowest BCUT2D eigenvalue weighted by molar-refractivity contribution is -0.197. The van der Waals surface area contributed by atoms with Crippen LogP contribution in [0.25, 0.3) is 0 Å². The van der Waals surface area contributed by atoms with Gasteiger partial charge in [0.15, 0.2) is 0 Å². The summed E-state index contributed by atoms with van der Waals surface area (Å²) >= 11 is 0. The molecule has 3 N–H and O–H groups in total. The minimum atomic E-state index is -3.97. The lowest BCUT2D eigenvalue weighted by atomic mass is 9.94. The average Bonchev–Trinajstić information content (AvgIpc) is 2.48. The maximum Gasteiger partial charge on any atom is 0.382 e. The molecule has 0 heterocycles.